The van der Waals surface area contributed by atoms with Gasteiger partial charge in [-0.2, -0.15) is 0 Å². The third-order valence-electron chi connectivity index (χ3n) is 3.48. The molecule has 2 fully saturated rings. The van der Waals surface area contributed by atoms with Gasteiger partial charge in [0.2, 0.25) is 0 Å². The van der Waals surface area contributed by atoms with E-state index < -0.39 is 0 Å². The van der Waals surface area contributed by atoms with E-state index in [2.05, 4.69) is 12.2 Å². The largest absolute Gasteiger partial charge is 0.449 e. The Hall–Kier alpha value is -0.730. The lowest BCUT2D eigenvalue weighted by Gasteiger charge is -2.26. The predicted molar refractivity (Wildman–Crippen MR) is 58.6 cm³/mol. The van der Waals surface area contributed by atoms with Crippen LogP contribution in [-0.2, 0) is 4.74 Å². The first-order chi connectivity index (χ1) is 7.24. The maximum atomic E-state index is 11.4. The van der Waals surface area contributed by atoms with Crippen molar-refractivity contribution in [3.63, 3.8) is 0 Å². The Labute approximate surface area is 91.6 Å². The molecule has 0 bridgehead atoms. The van der Waals surface area contributed by atoms with E-state index in [0.717, 1.165) is 18.8 Å². The molecule has 0 saturated heterocycles. The van der Waals surface area contributed by atoms with Crippen LogP contribution < -0.4 is 5.32 Å². The molecule has 0 heterocycles. The highest BCUT2D eigenvalue weighted by atomic mass is 16.5. The van der Waals surface area contributed by atoms with Gasteiger partial charge in [-0.3, -0.25) is 0 Å². The zero-order valence-corrected chi connectivity index (χ0v) is 9.50. The maximum absolute atomic E-state index is 11.4. The molecule has 3 heteroatoms. The lowest BCUT2D eigenvalue weighted by molar-refractivity contribution is 0.133. The van der Waals surface area contributed by atoms with Crippen LogP contribution in [0.1, 0.15) is 45.4 Å². The van der Waals surface area contributed by atoms with Gasteiger partial charge in [0.05, 0.1) is 6.61 Å². The average molecular weight is 211 g/mol. The van der Waals surface area contributed by atoms with E-state index in [1.807, 2.05) is 0 Å². The first-order valence-electron chi connectivity index (χ1n) is 6.17. The summed E-state index contributed by atoms with van der Waals surface area (Å²) in [7, 11) is 0. The van der Waals surface area contributed by atoms with Crippen molar-refractivity contribution >= 4 is 6.09 Å². The normalized spacial score (nSPS) is 31.0. The van der Waals surface area contributed by atoms with Crippen molar-refractivity contribution in [2.75, 3.05) is 6.61 Å². The molecule has 0 atom stereocenters. The van der Waals surface area contributed by atoms with Crippen LogP contribution in [0.3, 0.4) is 0 Å². The minimum absolute atomic E-state index is 0.207. The molecule has 0 radical (unpaired) electrons. The highest BCUT2D eigenvalue weighted by Crippen LogP contribution is 2.29. The smallest absolute Gasteiger partial charge is 0.407 e. The molecular weight excluding hydrogens is 190 g/mol. The Morgan fingerprint density at radius 2 is 1.87 bits per heavy atom. The molecule has 1 N–H and O–H groups in total. The van der Waals surface area contributed by atoms with Gasteiger partial charge in [-0.15, -0.1) is 0 Å². The van der Waals surface area contributed by atoms with Crippen LogP contribution in [0.15, 0.2) is 0 Å². The Kier molecular flexibility index (Phi) is 3.49. The maximum Gasteiger partial charge on any atom is 0.407 e. The van der Waals surface area contributed by atoms with Crippen molar-refractivity contribution in [1.82, 2.24) is 5.32 Å². The number of rotatable bonds is 3. The van der Waals surface area contributed by atoms with Crippen molar-refractivity contribution in [3.05, 3.63) is 0 Å². The third kappa shape index (κ3) is 3.73. The van der Waals surface area contributed by atoms with Crippen LogP contribution in [0.25, 0.3) is 0 Å². The van der Waals surface area contributed by atoms with Crippen molar-refractivity contribution < 1.29 is 9.53 Å². The summed E-state index contributed by atoms with van der Waals surface area (Å²) >= 11 is 0. The molecule has 2 aliphatic rings. The summed E-state index contributed by atoms with van der Waals surface area (Å²) < 4.78 is 5.15. The van der Waals surface area contributed by atoms with Crippen molar-refractivity contribution in [2.24, 2.45) is 11.8 Å². The zero-order valence-electron chi connectivity index (χ0n) is 9.50. The molecule has 0 unspecified atom stereocenters. The predicted octanol–water partition coefficient (Wildman–Crippen LogP) is 2.70. The van der Waals surface area contributed by atoms with Crippen LogP contribution in [0.4, 0.5) is 4.79 Å². The number of carbonyl (C=O) groups is 1. The first-order valence-corrected chi connectivity index (χ1v) is 6.17. The minimum Gasteiger partial charge on any atom is -0.449 e. The summed E-state index contributed by atoms with van der Waals surface area (Å²) in [5, 5.41) is 2.96. The van der Waals surface area contributed by atoms with Gasteiger partial charge in [-0.05, 0) is 50.4 Å². The minimum atomic E-state index is -0.207. The van der Waals surface area contributed by atoms with E-state index in [1.165, 1.54) is 25.7 Å². The Morgan fingerprint density at radius 1 is 1.20 bits per heavy atom. The Bertz CT molecular complexity index is 218. The van der Waals surface area contributed by atoms with Crippen LogP contribution in [0.2, 0.25) is 0 Å². The highest BCUT2D eigenvalue weighted by molar-refractivity contribution is 5.67. The molecule has 0 aliphatic heterocycles. The van der Waals surface area contributed by atoms with E-state index in [-0.39, 0.29) is 6.09 Å². The Balaban J connectivity index is 1.60. The number of amides is 1. The van der Waals surface area contributed by atoms with Gasteiger partial charge in [-0.1, -0.05) is 6.92 Å². The van der Waals surface area contributed by atoms with Gasteiger partial charge in [0.1, 0.15) is 0 Å². The SMILES string of the molecule is C[C@H]1CC[C@H](NC(=O)OCC2CC2)CC1. The van der Waals surface area contributed by atoms with E-state index >= 15 is 0 Å². The van der Waals surface area contributed by atoms with Crippen LogP contribution in [0, 0.1) is 11.8 Å². The fraction of sp³-hybridized carbons (Fsp3) is 0.917. The summed E-state index contributed by atoms with van der Waals surface area (Å²) in [5.74, 6) is 1.48. The molecule has 0 aromatic heterocycles. The number of ether oxygens (including phenoxy) is 1. The van der Waals surface area contributed by atoms with Crippen molar-refractivity contribution in [1.29, 1.82) is 0 Å². The van der Waals surface area contributed by atoms with Gasteiger partial charge >= 0.3 is 6.09 Å². The average Bonchev–Trinajstić information content (AvgIpc) is 3.02. The van der Waals surface area contributed by atoms with E-state index in [4.69, 9.17) is 4.74 Å². The number of carbonyl (C=O) groups excluding carboxylic acids is 1. The van der Waals surface area contributed by atoms with Gasteiger partial charge in [0.15, 0.2) is 0 Å². The zero-order chi connectivity index (χ0) is 10.7. The second-order valence-electron chi connectivity index (χ2n) is 5.14. The molecule has 0 aromatic rings. The second kappa shape index (κ2) is 4.86. The number of nitrogens with one attached hydrogen (secondary N) is 1. The summed E-state index contributed by atoms with van der Waals surface area (Å²) in [6, 6.07) is 0.355. The van der Waals surface area contributed by atoms with Crippen LogP contribution >= 0.6 is 0 Å². The quantitative estimate of drug-likeness (QED) is 0.779. The van der Waals surface area contributed by atoms with E-state index in [9.17, 15) is 4.79 Å². The van der Waals surface area contributed by atoms with Gasteiger partial charge in [-0.25, -0.2) is 4.79 Å². The Morgan fingerprint density at radius 3 is 2.47 bits per heavy atom. The van der Waals surface area contributed by atoms with Crippen LogP contribution in [0.5, 0.6) is 0 Å². The fourth-order valence-corrected chi connectivity index (χ4v) is 2.09. The number of hydrogen-bond donors (Lipinski definition) is 1. The molecule has 1 amide bonds. The lowest BCUT2D eigenvalue weighted by Crippen LogP contribution is -2.37. The van der Waals surface area contributed by atoms with Crippen LogP contribution in [-0.4, -0.2) is 18.7 Å². The van der Waals surface area contributed by atoms with Gasteiger partial charge in [0, 0.05) is 6.04 Å². The van der Waals surface area contributed by atoms with Gasteiger partial charge < -0.3 is 10.1 Å². The molecule has 2 saturated carbocycles. The molecule has 15 heavy (non-hydrogen) atoms. The standard InChI is InChI=1S/C12H21NO2/c1-9-2-6-11(7-3-9)13-12(14)15-8-10-4-5-10/h9-11H,2-8H2,1H3,(H,13,14)/t9-,11-. The molecule has 2 rings (SSSR count). The van der Waals surface area contributed by atoms with E-state index in [1.54, 1.807) is 0 Å². The first kappa shape index (κ1) is 10.8. The number of alkyl carbamates (subject to hydrolysis) is 1. The highest BCUT2D eigenvalue weighted by Gasteiger charge is 2.24. The topological polar surface area (TPSA) is 38.3 Å². The molecule has 0 aromatic carbocycles. The number of hydrogen-bond acceptors (Lipinski definition) is 2. The summed E-state index contributed by atoms with van der Waals surface area (Å²) in [5.41, 5.74) is 0. The monoisotopic (exact) mass is 211 g/mol. The molecule has 86 valence electrons. The molecule has 2 aliphatic carbocycles. The molecule has 3 nitrogen and oxygen atoms in total. The summed E-state index contributed by atoms with van der Waals surface area (Å²) in [6.45, 7) is 2.90. The van der Waals surface area contributed by atoms with Crippen molar-refractivity contribution in [3.8, 4) is 0 Å². The molecule has 0 spiro atoms. The lowest BCUT2D eigenvalue weighted by atomic mass is 9.87. The van der Waals surface area contributed by atoms with E-state index in [0.29, 0.717) is 18.6 Å². The summed E-state index contributed by atoms with van der Waals surface area (Å²) in [4.78, 5) is 11.4. The van der Waals surface area contributed by atoms with Gasteiger partial charge in [0.25, 0.3) is 0 Å². The summed E-state index contributed by atoms with van der Waals surface area (Å²) in [6.07, 6.45) is 6.93. The third-order valence-corrected chi connectivity index (χ3v) is 3.48. The molecular formula is C12H21NO2. The fourth-order valence-electron chi connectivity index (χ4n) is 2.09. The second-order valence-corrected chi connectivity index (χ2v) is 5.14. The van der Waals surface area contributed by atoms with Crippen molar-refractivity contribution in [2.45, 2.75) is 51.5 Å².